The molecule has 0 heterocycles. The number of esters is 1. The van der Waals surface area contributed by atoms with Gasteiger partial charge in [0, 0.05) is 0 Å². The Kier molecular flexibility index (Phi) is 7.74. The third-order valence-corrected chi connectivity index (χ3v) is 2.44. The number of ether oxygens (including phenoxy) is 2. The van der Waals surface area contributed by atoms with Crippen molar-refractivity contribution in [1.29, 1.82) is 0 Å². The van der Waals surface area contributed by atoms with E-state index in [1.165, 1.54) is 6.92 Å². The molecule has 2 unspecified atom stereocenters. The maximum absolute atomic E-state index is 11.0. The first-order chi connectivity index (χ1) is 7.02. The van der Waals surface area contributed by atoms with E-state index in [2.05, 4.69) is 0 Å². The summed E-state index contributed by atoms with van der Waals surface area (Å²) in [5, 5.41) is 8.33. The Morgan fingerprint density at radius 3 is 2.47 bits per heavy atom. The van der Waals surface area contributed by atoms with Gasteiger partial charge in [0.05, 0.1) is 12.7 Å². The van der Waals surface area contributed by atoms with E-state index in [0.717, 1.165) is 6.42 Å². The Bertz CT molecular complexity index is 184. The number of alkyl halides is 1. The Balaban J connectivity index is 3.77. The van der Waals surface area contributed by atoms with Crippen molar-refractivity contribution in [3.05, 3.63) is 0 Å². The minimum absolute atomic E-state index is 0.0804. The van der Waals surface area contributed by atoms with Gasteiger partial charge < -0.3 is 14.6 Å². The number of aliphatic hydroxyl groups excluding tert-OH is 1. The number of carbonyl (C=O) groups excluding carboxylic acids is 1. The zero-order valence-corrected chi connectivity index (χ0v) is 10.2. The number of halogens is 1. The summed E-state index contributed by atoms with van der Waals surface area (Å²) >= 11 is 5.49. The van der Waals surface area contributed by atoms with Crippen molar-refractivity contribution >= 4 is 17.6 Å². The topological polar surface area (TPSA) is 55.8 Å². The van der Waals surface area contributed by atoms with E-state index in [1.54, 1.807) is 0 Å². The van der Waals surface area contributed by atoms with Gasteiger partial charge in [-0.05, 0) is 12.8 Å². The van der Waals surface area contributed by atoms with Crippen molar-refractivity contribution in [3.8, 4) is 0 Å². The molecule has 0 aromatic heterocycles. The number of rotatable bonds is 7. The standard InChI is InChI=1S/C10H19ClO4/c1-4-7(2)9(5-12)14-6-15-10(13)8(3)11/h7-9,12H,4-6H2,1-3H3/t7-,8?,9?/m0/s1. The summed E-state index contributed by atoms with van der Waals surface area (Å²) in [6.07, 6.45) is 0.596. The van der Waals surface area contributed by atoms with Crippen molar-refractivity contribution in [1.82, 2.24) is 0 Å². The zero-order valence-electron chi connectivity index (χ0n) is 9.40. The third kappa shape index (κ3) is 5.97. The highest BCUT2D eigenvalue weighted by Crippen LogP contribution is 2.11. The SMILES string of the molecule is CC[C@H](C)C(CO)OCOC(=O)C(C)Cl. The minimum atomic E-state index is -0.676. The molecule has 5 heteroatoms. The minimum Gasteiger partial charge on any atom is -0.437 e. The summed E-state index contributed by atoms with van der Waals surface area (Å²) < 4.78 is 9.94. The molecule has 1 N–H and O–H groups in total. The van der Waals surface area contributed by atoms with Gasteiger partial charge in [0.1, 0.15) is 5.38 Å². The quantitative estimate of drug-likeness (QED) is 0.415. The lowest BCUT2D eigenvalue weighted by atomic mass is 10.0. The van der Waals surface area contributed by atoms with Crippen LogP contribution in [0.4, 0.5) is 0 Å². The molecule has 0 aliphatic carbocycles. The highest BCUT2D eigenvalue weighted by molar-refractivity contribution is 6.29. The lowest BCUT2D eigenvalue weighted by Crippen LogP contribution is -2.28. The summed E-state index contributed by atoms with van der Waals surface area (Å²) in [6, 6.07) is 0. The second kappa shape index (κ2) is 7.91. The first kappa shape index (κ1) is 14.7. The molecule has 0 spiro atoms. The van der Waals surface area contributed by atoms with Crippen molar-refractivity contribution in [3.63, 3.8) is 0 Å². The van der Waals surface area contributed by atoms with Crippen molar-refractivity contribution in [2.75, 3.05) is 13.4 Å². The maximum atomic E-state index is 11.0. The van der Waals surface area contributed by atoms with E-state index in [0.29, 0.717) is 0 Å². The molecule has 4 nitrogen and oxygen atoms in total. The summed E-state index contributed by atoms with van der Waals surface area (Å²) in [6.45, 7) is 5.26. The largest absolute Gasteiger partial charge is 0.437 e. The average Bonchev–Trinajstić information content (AvgIpc) is 2.22. The molecule has 0 aliphatic rings. The van der Waals surface area contributed by atoms with Crippen LogP contribution in [0.5, 0.6) is 0 Å². The van der Waals surface area contributed by atoms with Gasteiger partial charge in [0.15, 0.2) is 6.79 Å². The Morgan fingerprint density at radius 1 is 1.47 bits per heavy atom. The molecule has 0 aromatic rings. The predicted octanol–water partition coefficient (Wildman–Crippen LogP) is 1.54. The molecular weight excluding hydrogens is 220 g/mol. The van der Waals surface area contributed by atoms with E-state index in [4.69, 9.17) is 26.2 Å². The van der Waals surface area contributed by atoms with Crippen LogP contribution < -0.4 is 0 Å². The van der Waals surface area contributed by atoms with Gasteiger partial charge in [-0.1, -0.05) is 20.3 Å². The molecule has 15 heavy (non-hydrogen) atoms. The van der Waals surface area contributed by atoms with Crippen LogP contribution in [0.3, 0.4) is 0 Å². The highest BCUT2D eigenvalue weighted by Gasteiger charge is 2.17. The van der Waals surface area contributed by atoms with Gasteiger partial charge in [-0.3, -0.25) is 4.79 Å². The molecule has 0 fully saturated rings. The van der Waals surface area contributed by atoms with Crippen LogP contribution in [0.1, 0.15) is 27.2 Å². The number of hydrogen-bond donors (Lipinski definition) is 1. The van der Waals surface area contributed by atoms with Gasteiger partial charge >= 0.3 is 5.97 Å². The molecule has 0 aromatic carbocycles. The first-order valence-electron chi connectivity index (χ1n) is 5.06. The van der Waals surface area contributed by atoms with Gasteiger partial charge in [-0.25, -0.2) is 0 Å². The molecule has 3 atom stereocenters. The number of aliphatic hydroxyl groups is 1. The van der Waals surface area contributed by atoms with Gasteiger partial charge in [0.25, 0.3) is 0 Å². The summed E-state index contributed by atoms with van der Waals surface area (Å²) in [4.78, 5) is 11.0. The smallest absolute Gasteiger partial charge is 0.325 e. The van der Waals surface area contributed by atoms with Crippen LogP contribution in [0.25, 0.3) is 0 Å². The number of carbonyl (C=O) groups is 1. The van der Waals surface area contributed by atoms with Crippen LogP contribution in [-0.4, -0.2) is 36.0 Å². The monoisotopic (exact) mass is 238 g/mol. The normalized spacial score (nSPS) is 16.9. The molecular formula is C10H19ClO4. The second-order valence-corrected chi connectivity index (χ2v) is 4.13. The van der Waals surface area contributed by atoms with Crippen LogP contribution in [0.2, 0.25) is 0 Å². The second-order valence-electron chi connectivity index (χ2n) is 3.47. The highest BCUT2D eigenvalue weighted by atomic mass is 35.5. The van der Waals surface area contributed by atoms with Gasteiger partial charge in [0.2, 0.25) is 0 Å². The molecule has 0 saturated carbocycles. The summed E-state index contributed by atoms with van der Waals surface area (Å²) in [7, 11) is 0. The number of hydrogen-bond acceptors (Lipinski definition) is 4. The summed E-state index contributed by atoms with van der Waals surface area (Å²) in [5.74, 6) is -0.292. The third-order valence-electron chi connectivity index (χ3n) is 2.27. The van der Waals surface area contributed by atoms with Crippen LogP contribution >= 0.6 is 11.6 Å². The Morgan fingerprint density at radius 2 is 2.07 bits per heavy atom. The van der Waals surface area contributed by atoms with Crippen molar-refractivity contribution < 1.29 is 19.4 Å². The molecule has 0 amide bonds. The van der Waals surface area contributed by atoms with Crippen LogP contribution in [0.15, 0.2) is 0 Å². The Labute approximate surface area is 95.5 Å². The lowest BCUT2D eigenvalue weighted by Gasteiger charge is -2.20. The molecule has 90 valence electrons. The van der Waals surface area contributed by atoms with Gasteiger partial charge in [-0.2, -0.15) is 0 Å². The molecule has 0 bridgehead atoms. The van der Waals surface area contributed by atoms with Crippen molar-refractivity contribution in [2.24, 2.45) is 5.92 Å². The summed E-state index contributed by atoms with van der Waals surface area (Å²) in [5.41, 5.74) is 0. The van der Waals surface area contributed by atoms with E-state index in [-0.39, 0.29) is 25.4 Å². The van der Waals surface area contributed by atoms with E-state index in [9.17, 15) is 4.79 Å². The van der Waals surface area contributed by atoms with Crippen LogP contribution in [0, 0.1) is 5.92 Å². The van der Waals surface area contributed by atoms with Crippen LogP contribution in [-0.2, 0) is 14.3 Å². The molecule has 0 aliphatic heterocycles. The predicted molar refractivity (Wildman–Crippen MR) is 57.7 cm³/mol. The Hall–Kier alpha value is -0.320. The van der Waals surface area contributed by atoms with Gasteiger partial charge in [-0.15, -0.1) is 11.6 Å². The fourth-order valence-corrected chi connectivity index (χ4v) is 1.02. The zero-order chi connectivity index (χ0) is 11.8. The molecule has 0 rings (SSSR count). The average molecular weight is 239 g/mol. The fourth-order valence-electron chi connectivity index (χ4n) is 0.954. The fraction of sp³-hybridized carbons (Fsp3) is 0.900. The van der Waals surface area contributed by atoms with Crippen molar-refractivity contribution in [2.45, 2.75) is 38.7 Å². The maximum Gasteiger partial charge on any atom is 0.325 e. The van der Waals surface area contributed by atoms with E-state index >= 15 is 0 Å². The first-order valence-corrected chi connectivity index (χ1v) is 5.49. The lowest BCUT2D eigenvalue weighted by molar-refractivity contribution is -0.165. The van der Waals surface area contributed by atoms with E-state index in [1.807, 2.05) is 13.8 Å². The van der Waals surface area contributed by atoms with E-state index < -0.39 is 11.3 Å². The molecule has 0 saturated heterocycles. The molecule has 0 radical (unpaired) electrons.